The van der Waals surface area contributed by atoms with Crippen molar-refractivity contribution in [3.63, 3.8) is 0 Å². The summed E-state index contributed by atoms with van der Waals surface area (Å²) < 4.78 is 5.66. The summed E-state index contributed by atoms with van der Waals surface area (Å²) in [4.78, 5) is 12.1. The Morgan fingerprint density at radius 3 is 2.58 bits per heavy atom. The lowest BCUT2D eigenvalue weighted by molar-refractivity contribution is 0.0955. The van der Waals surface area contributed by atoms with Crippen LogP contribution in [-0.2, 0) is 0 Å². The average Bonchev–Trinajstić information content (AvgIpc) is 2.64. The van der Waals surface area contributed by atoms with Gasteiger partial charge in [0.05, 0.1) is 17.8 Å². The van der Waals surface area contributed by atoms with E-state index in [1.807, 2.05) is 0 Å². The zero-order valence-electron chi connectivity index (χ0n) is 14.7. The van der Waals surface area contributed by atoms with Gasteiger partial charge in [-0.25, -0.2) is 5.43 Å². The molecule has 0 saturated heterocycles. The highest BCUT2D eigenvalue weighted by atomic mass is 35.5. The van der Waals surface area contributed by atoms with Gasteiger partial charge in [-0.05, 0) is 42.8 Å². The largest absolute Gasteiger partial charge is 0.494 e. The molecule has 0 aromatic heterocycles. The van der Waals surface area contributed by atoms with Crippen LogP contribution in [-0.4, -0.2) is 18.7 Å². The highest BCUT2D eigenvalue weighted by Gasteiger charge is 2.05. The molecule has 0 spiro atoms. The van der Waals surface area contributed by atoms with E-state index in [1.54, 1.807) is 42.5 Å². The molecular formula is C20H22Cl2N2O2. The molecule has 0 unspecified atom stereocenters. The lowest BCUT2D eigenvalue weighted by atomic mass is 10.2. The molecule has 6 heteroatoms. The SMILES string of the molecule is CCCCCCOc1ccc(C(=O)NN=Cc2ccc(Cl)cc2Cl)cc1. The van der Waals surface area contributed by atoms with Gasteiger partial charge in [0.15, 0.2) is 0 Å². The molecule has 0 saturated carbocycles. The number of rotatable bonds is 9. The molecule has 0 atom stereocenters. The van der Waals surface area contributed by atoms with Crippen molar-refractivity contribution in [3.05, 3.63) is 63.6 Å². The summed E-state index contributed by atoms with van der Waals surface area (Å²) in [5.74, 6) is 0.454. The van der Waals surface area contributed by atoms with Gasteiger partial charge in [-0.1, -0.05) is 55.5 Å². The Labute approximate surface area is 164 Å². The van der Waals surface area contributed by atoms with Crippen LogP contribution in [0.1, 0.15) is 48.5 Å². The summed E-state index contributed by atoms with van der Waals surface area (Å²) >= 11 is 11.9. The summed E-state index contributed by atoms with van der Waals surface area (Å²) in [6, 6.07) is 12.0. The number of halogens is 2. The fourth-order valence-corrected chi connectivity index (χ4v) is 2.71. The van der Waals surface area contributed by atoms with Crippen molar-refractivity contribution in [2.24, 2.45) is 5.10 Å². The van der Waals surface area contributed by atoms with E-state index in [0.717, 1.165) is 12.2 Å². The molecule has 0 aliphatic carbocycles. The predicted molar refractivity (Wildman–Crippen MR) is 108 cm³/mol. The van der Waals surface area contributed by atoms with Crippen molar-refractivity contribution < 1.29 is 9.53 Å². The summed E-state index contributed by atoms with van der Waals surface area (Å²) in [5.41, 5.74) is 3.65. The molecule has 0 radical (unpaired) electrons. The van der Waals surface area contributed by atoms with Gasteiger partial charge in [0.1, 0.15) is 5.75 Å². The minimum Gasteiger partial charge on any atom is -0.494 e. The molecule has 0 aliphatic rings. The van der Waals surface area contributed by atoms with Gasteiger partial charge >= 0.3 is 0 Å². The summed E-state index contributed by atoms with van der Waals surface area (Å²) in [6.07, 6.45) is 6.12. The number of unbranched alkanes of at least 4 members (excludes halogenated alkanes) is 3. The van der Waals surface area contributed by atoms with Gasteiger partial charge in [-0.15, -0.1) is 0 Å². The number of nitrogens with one attached hydrogen (secondary N) is 1. The molecule has 2 rings (SSSR count). The maximum absolute atomic E-state index is 12.1. The van der Waals surface area contributed by atoms with Crippen LogP contribution in [0.5, 0.6) is 5.75 Å². The van der Waals surface area contributed by atoms with Gasteiger partial charge < -0.3 is 4.74 Å². The van der Waals surface area contributed by atoms with E-state index in [1.165, 1.54) is 25.5 Å². The van der Waals surface area contributed by atoms with Crippen LogP contribution in [0.15, 0.2) is 47.6 Å². The monoisotopic (exact) mass is 392 g/mol. The second-order valence-electron chi connectivity index (χ2n) is 5.80. The van der Waals surface area contributed by atoms with Crippen molar-refractivity contribution >= 4 is 35.3 Å². The van der Waals surface area contributed by atoms with E-state index in [-0.39, 0.29) is 5.91 Å². The number of hydrogen-bond acceptors (Lipinski definition) is 3. The molecule has 1 amide bonds. The first kappa shape index (κ1) is 20.3. The Morgan fingerprint density at radius 2 is 1.88 bits per heavy atom. The second kappa shape index (κ2) is 10.8. The third-order valence-corrected chi connectivity index (χ3v) is 4.28. The quantitative estimate of drug-likeness (QED) is 0.337. The highest BCUT2D eigenvalue weighted by molar-refractivity contribution is 6.36. The first-order chi connectivity index (χ1) is 12.6. The van der Waals surface area contributed by atoms with Crippen LogP contribution in [0.4, 0.5) is 0 Å². The molecule has 2 aromatic carbocycles. The fourth-order valence-electron chi connectivity index (χ4n) is 2.25. The van der Waals surface area contributed by atoms with E-state index in [0.29, 0.717) is 27.8 Å². The van der Waals surface area contributed by atoms with E-state index < -0.39 is 0 Å². The molecule has 0 aliphatic heterocycles. The Bertz CT molecular complexity index is 746. The maximum Gasteiger partial charge on any atom is 0.271 e. The van der Waals surface area contributed by atoms with Crippen LogP contribution in [0, 0.1) is 0 Å². The minimum atomic E-state index is -0.305. The number of carbonyl (C=O) groups excluding carboxylic acids is 1. The first-order valence-electron chi connectivity index (χ1n) is 8.61. The van der Waals surface area contributed by atoms with Crippen molar-refractivity contribution in [2.45, 2.75) is 32.6 Å². The van der Waals surface area contributed by atoms with Gasteiger partial charge in [-0.3, -0.25) is 4.79 Å². The third-order valence-electron chi connectivity index (χ3n) is 3.72. The van der Waals surface area contributed by atoms with E-state index >= 15 is 0 Å². The van der Waals surface area contributed by atoms with Crippen molar-refractivity contribution in [3.8, 4) is 5.75 Å². The molecule has 0 bridgehead atoms. The number of hydrogen-bond donors (Lipinski definition) is 1. The number of nitrogens with zero attached hydrogens (tertiary/aromatic N) is 1. The fraction of sp³-hybridized carbons (Fsp3) is 0.300. The number of carbonyl (C=O) groups is 1. The number of benzene rings is 2. The second-order valence-corrected chi connectivity index (χ2v) is 6.64. The summed E-state index contributed by atoms with van der Waals surface area (Å²) in [6.45, 7) is 2.87. The standard InChI is InChI=1S/C20H22Cl2N2O2/c1-2-3-4-5-12-26-18-10-7-15(8-11-18)20(25)24-23-14-16-6-9-17(21)13-19(16)22/h6-11,13-14H,2-5,12H2,1H3,(H,24,25). The van der Waals surface area contributed by atoms with E-state index in [4.69, 9.17) is 27.9 Å². The topological polar surface area (TPSA) is 50.7 Å². The Morgan fingerprint density at radius 1 is 1.12 bits per heavy atom. The Balaban J connectivity index is 1.82. The molecule has 4 nitrogen and oxygen atoms in total. The van der Waals surface area contributed by atoms with Crippen molar-refractivity contribution in [2.75, 3.05) is 6.61 Å². The van der Waals surface area contributed by atoms with Crippen molar-refractivity contribution in [1.29, 1.82) is 0 Å². The van der Waals surface area contributed by atoms with E-state index in [9.17, 15) is 4.79 Å². The average molecular weight is 393 g/mol. The van der Waals surface area contributed by atoms with E-state index in [2.05, 4.69) is 17.5 Å². The molecule has 0 fully saturated rings. The number of amides is 1. The molecule has 1 N–H and O–H groups in total. The molecule has 0 heterocycles. The van der Waals surface area contributed by atoms with Crippen molar-refractivity contribution in [1.82, 2.24) is 5.43 Å². The van der Waals surface area contributed by atoms with Crippen LogP contribution in [0.3, 0.4) is 0 Å². The molecule has 138 valence electrons. The minimum absolute atomic E-state index is 0.305. The van der Waals surface area contributed by atoms with Gasteiger partial charge in [0.25, 0.3) is 5.91 Å². The van der Waals surface area contributed by atoms with Gasteiger partial charge in [0.2, 0.25) is 0 Å². The van der Waals surface area contributed by atoms with Gasteiger partial charge in [-0.2, -0.15) is 5.10 Å². The lowest BCUT2D eigenvalue weighted by Crippen LogP contribution is -2.17. The molecular weight excluding hydrogens is 371 g/mol. The molecule has 26 heavy (non-hydrogen) atoms. The smallest absolute Gasteiger partial charge is 0.271 e. The zero-order valence-corrected chi connectivity index (χ0v) is 16.2. The maximum atomic E-state index is 12.1. The normalized spacial score (nSPS) is 10.9. The Hall–Kier alpha value is -2.04. The van der Waals surface area contributed by atoms with Crippen LogP contribution in [0.25, 0.3) is 0 Å². The van der Waals surface area contributed by atoms with Crippen LogP contribution in [0.2, 0.25) is 10.0 Å². The predicted octanol–water partition coefficient (Wildman–Crippen LogP) is 5.72. The lowest BCUT2D eigenvalue weighted by Gasteiger charge is -2.06. The zero-order chi connectivity index (χ0) is 18.8. The van der Waals surface area contributed by atoms with Crippen LogP contribution < -0.4 is 10.2 Å². The third kappa shape index (κ3) is 6.70. The van der Waals surface area contributed by atoms with Crippen LogP contribution >= 0.6 is 23.2 Å². The summed E-state index contributed by atoms with van der Waals surface area (Å²) in [5, 5.41) is 4.94. The highest BCUT2D eigenvalue weighted by Crippen LogP contribution is 2.19. The molecule has 2 aromatic rings. The summed E-state index contributed by atoms with van der Waals surface area (Å²) in [7, 11) is 0. The Kier molecular flexibility index (Phi) is 8.45. The first-order valence-corrected chi connectivity index (χ1v) is 9.37. The number of hydrazone groups is 1. The van der Waals surface area contributed by atoms with Gasteiger partial charge in [0, 0.05) is 16.1 Å². The number of ether oxygens (including phenoxy) is 1.